The van der Waals surface area contributed by atoms with Gasteiger partial charge in [0.05, 0.1) is 25.9 Å². The number of carbonyl (C=O) groups is 1. The third-order valence-electron chi connectivity index (χ3n) is 4.56. The molecule has 3 rings (SSSR count). The molecule has 2 aliphatic heterocycles. The van der Waals surface area contributed by atoms with Crippen LogP contribution < -0.4 is 11.1 Å². The smallest absolute Gasteiger partial charge is 0.219 e. The fourth-order valence-electron chi connectivity index (χ4n) is 3.27. The summed E-state index contributed by atoms with van der Waals surface area (Å²) in [6, 6.07) is 0. The van der Waals surface area contributed by atoms with Crippen LogP contribution in [-0.2, 0) is 20.8 Å². The zero-order chi connectivity index (χ0) is 17.0. The zero-order valence-electron chi connectivity index (χ0n) is 14.0. The van der Waals surface area contributed by atoms with Crippen LogP contribution in [0.1, 0.15) is 25.3 Å². The summed E-state index contributed by atoms with van der Waals surface area (Å²) in [7, 11) is 0. The molecule has 1 spiro atoms. The number of nitrogens with two attached hydrogens (primary N) is 1. The van der Waals surface area contributed by atoms with E-state index in [1.54, 1.807) is 19.3 Å². The molecule has 24 heavy (non-hydrogen) atoms. The van der Waals surface area contributed by atoms with Crippen molar-refractivity contribution in [3.8, 4) is 0 Å². The molecule has 1 aromatic heterocycles. The number of nitrogen functional groups attached to an aromatic ring is 1. The monoisotopic (exact) mass is 335 g/mol. The molecular weight excluding hydrogens is 310 g/mol. The van der Waals surface area contributed by atoms with Crippen LogP contribution in [0.5, 0.6) is 0 Å². The van der Waals surface area contributed by atoms with E-state index in [0.717, 1.165) is 24.9 Å². The van der Waals surface area contributed by atoms with Gasteiger partial charge in [-0.05, 0) is 12.8 Å². The number of nitrogens with one attached hydrogen (secondary N) is 1. The molecule has 8 nitrogen and oxygen atoms in total. The summed E-state index contributed by atoms with van der Waals surface area (Å²) < 4.78 is 12.0. The normalized spacial score (nSPS) is 27.4. The van der Waals surface area contributed by atoms with Crippen molar-refractivity contribution >= 4 is 11.9 Å². The molecule has 8 heteroatoms. The second-order valence-corrected chi connectivity index (χ2v) is 6.54. The fraction of sp³-hybridized carbons (Fsp3) is 0.688. The molecule has 2 atom stereocenters. The highest BCUT2D eigenvalue weighted by Crippen LogP contribution is 2.32. The Bertz CT molecular complexity index is 567. The van der Waals surface area contributed by atoms with Gasteiger partial charge in [-0.2, -0.15) is 0 Å². The summed E-state index contributed by atoms with van der Waals surface area (Å²) in [5.41, 5.74) is 6.10. The van der Waals surface area contributed by atoms with Crippen molar-refractivity contribution in [2.45, 2.75) is 38.0 Å². The highest BCUT2D eigenvalue weighted by molar-refractivity contribution is 5.73. The molecule has 1 amide bonds. The van der Waals surface area contributed by atoms with Gasteiger partial charge >= 0.3 is 0 Å². The first-order chi connectivity index (χ1) is 11.6. The Kier molecular flexibility index (Phi) is 5.27. The van der Waals surface area contributed by atoms with Gasteiger partial charge in [0.15, 0.2) is 0 Å². The van der Waals surface area contributed by atoms with Gasteiger partial charge in [0.2, 0.25) is 11.9 Å². The molecule has 0 unspecified atom stereocenters. The molecule has 2 aliphatic rings. The second-order valence-electron chi connectivity index (χ2n) is 6.54. The van der Waals surface area contributed by atoms with E-state index in [0.29, 0.717) is 32.8 Å². The summed E-state index contributed by atoms with van der Waals surface area (Å²) >= 11 is 0. The first-order valence-electron chi connectivity index (χ1n) is 8.34. The van der Waals surface area contributed by atoms with Crippen molar-refractivity contribution in [2.75, 3.05) is 38.6 Å². The van der Waals surface area contributed by atoms with Crippen molar-refractivity contribution in [1.82, 2.24) is 20.2 Å². The summed E-state index contributed by atoms with van der Waals surface area (Å²) in [5.74, 6) is 0.358. The van der Waals surface area contributed by atoms with Crippen LogP contribution in [0.3, 0.4) is 0 Å². The van der Waals surface area contributed by atoms with Gasteiger partial charge in [-0.15, -0.1) is 0 Å². The minimum atomic E-state index is -0.362. The lowest BCUT2D eigenvalue weighted by Crippen LogP contribution is -2.46. The Labute approximate surface area is 141 Å². The lowest BCUT2D eigenvalue weighted by atomic mass is 10.00. The molecule has 0 radical (unpaired) electrons. The standard InChI is InChI=1S/C16H25N5O3/c1-12(22)21-4-5-23-11-16(10-21)3-2-14(24-16)9-18-6-13-7-19-15(17)20-8-13/h7-8,14,18H,2-6,9-11H2,1H3,(H2,17,19,20)/t14-,16+/m0/s1. The predicted molar refractivity (Wildman–Crippen MR) is 88.1 cm³/mol. The van der Waals surface area contributed by atoms with E-state index in [1.807, 2.05) is 4.90 Å². The second kappa shape index (κ2) is 7.42. The molecule has 3 N–H and O–H groups in total. The van der Waals surface area contributed by atoms with Gasteiger partial charge in [0, 0.05) is 44.5 Å². The number of aromatic nitrogens is 2. The van der Waals surface area contributed by atoms with Crippen molar-refractivity contribution in [2.24, 2.45) is 0 Å². The van der Waals surface area contributed by atoms with Gasteiger partial charge < -0.3 is 25.4 Å². The van der Waals surface area contributed by atoms with Crippen LogP contribution in [0.4, 0.5) is 5.95 Å². The van der Waals surface area contributed by atoms with Crippen LogP contribution >= 0.6 is 0 Å². The summed E-state index contributed by atoms with van der Waals surface area (Å²) in [5, 5.41) is 3.37. The van der Waals surface area contributed by atoms with Crippen LogP contribution in [-0.4, -0.2) is 65.3 Å². The number of rotatable bonds is 4. The Morgan fingerprint density at radius 3 is 3.04 bits per heavy atom. The summed E-state index contributed by atoms with van der Waals surface area (Å²) in [6.45, 7) is 5.39. The molecule has 2 saturated heterocycles. The Morgan fingerprint density at radius 1 is 1.50 bits per heavy atom. The predicted octanol–water partition coefficient (Wildman–Crippen LogP) is -0.0551. The van der Waals surface area contributed by atoms with E-state index in [1.165, 1.54) is 0 Å². The van der Waals surface area contributed by atoms with Gasteiger partial charge in [-0.3, -0.25) is 4.79 Å². The number of amides is 1. The van der Waals surface area contributed by atoms with Crippen LogP contribution in [0.15, 0.2) is 12.4 Å². The number of anilines is 1. The third kappa shape index (κ3) is 4.19. The molecule has 0 saturated carbocycles. The maximum absolute atomic E-state index is 11.7. The van der Waals surface area contributed by atoms with E-state index < -0.39 is 0 Å². The average Bonchev–Trinajstić information content (AvgIpc) is 2.82. The average molecular weight is 335 g/mol. The Morgan fingerprint density at radius 2 is 2.29 bits per heavy atom. The maximum Gasteiger partial charge on any atom is 0.219 e. The SMILES string of the molecule is CC(=O)N1CCOC[C@@]2(CC[C@@H](CNCc3cnc(N)nc3)O2)C1. The molecule has 132 valence electrons. The van der Waals surface area contributed by atoms with E-state index in [9.17, 15) is 4.79 Å². The third-order valence-corrected chi connectivity index (χ3v) is 4.56. The van der Waals surface area contributed by atoms with E-state index in [2.05, 4.69) is 15.3 Å². The molecular formula is C16H25N5O3. The first kappa shape index (κ1) is 17.1. The number of carbonyl (C=O) groups excluding carboxylic acids is 1. The first-order valence-corrected chi connectivity index (χ1v) is 8.34. The largest absolute Gasteiger partial charge is 0.377 e. The van der Waals surface area contributed by atoms with Gasteiger partial charge in [0.1, 0.15) is 5.60 Å². The number of hydrogen-bond acceptors (Lipinski definition) is 7. The molecule has 1 aromatic rings. The molecule has 0 aliphatic carbocycles. The van der Waals surface area contributed by atoms with E-state index >= 15 is 0 Å². The summed E-state index contributed by atoms with van der Waals surface area (Å²) in [6.07, 6.45) is 5.43. The van der Waals surface area contributed by atoms with Gasteiger partial charge in [-0.25, -0.2) is 9.97 Å². The van der Waals surface area contributed by atoms with Gasteiger partial charge in [0.25, 0.3) is 0 Å². The summed E-state index contributed by atoms with van der Waals surface area (Å²) in [4.78, 5) is 21.5. The lowest BCUT2D eigenvalue weighted by Gasteiger charge is -2.31. The van der Waals surface area contributed by atoms with Crippen LogP contribution in [0.25, 0.3) is 0 Å². The zero-order valence-corrected chi connectivity index (χ0v) is 14.0. The van der Waals surface area contributed by atoms with Crippen LogP contribution in [0, 0.1) is 0 Å². The quantitative estimate of drug-likeness (QED) is 0.795. The molecule has 0 aromatic carbocycles. The minimum Gasteiger partial charge on any atom is -0.377 e. The number of hydrogen-bond donors (Lipinski definition) is 2. The Balaban J connectivity index is 1.49. The van der Waals surface area contributed by atoms with Crippen molar-refractivity contribution < 1.29 is 14.3 Å². The van der Waals surface area contributed by atoms with E-state index in [-0.39, 0.29) is 23.6 Å². The maximum atomic E-state index is 11.7. The Hall–Kier alpha value is -1.77. The van der Waals surface area contributed by atoms with Crippen molar-refractivity contribution in [3.63, 3.8) is 0 Å². The van der Waals surface area contributed by atoms with E-state index in [4.69, 9.17) is 15.2 Å². The fourth-order valence-corrected chi connectivity index (χ4v) is 3.27. The van der Waals surface area contributed by atoms with Gasteiger partial charge in [-0.1, -0.05) is 0 Å². The lowest BCUT2D eigenvalue weighted by molar-refractivity contribution is -0.133. The van der Waals surface area contributed by atoms with Crippen molar-refractivity contribution in [1.29, 1.82) is 0 Å². The topological polar surface area (TPSA) is 103 Å². The molecule has 3 heterocycles. The van der Waals surface area contributed by atoms with Crippen LogP contribution in [0.2, 0.25) is 0 Å². The van der Waals surface area contributed by atoms with Crippen molar-refractivity contribution in [3.05, 3.63) is 18.0 Å². The number of ether oxygens (including phenoxy) is 2. The molecule has 2 fully saturated rings. The minimum absolute atomic E-state index is 0.0772. The highest BCUT2D eigenvalue weighted by Gasteiger charge is 2.43. The number of nitrogens with zero attached hydrogens (tertiary/aromatic N) is 3. The highest BCUT2D eigenvalue weighted by atomic mass is 16.6. The molecule has 0 bridgehead atoms.